The molecule has 0 spiro atoms. The molecule has 8 nitrogen and oxygen atoms in total. The molecule has 33 heavy (non-hydrogen) atoms. The van der Waals surface area contributed by atoms with Crippen molar-refractivity contribution in [2.24, 2.45) is 5.10 Å². The Bertz CT molecular complexity index is 1430. The summed E-state index contributed by atoms with van der Waals surface area (Å²) >= 11 is 0. The third-order valence-electron chi connectivity index (χ3n) is 5.03. The number of hydrogen-bond acceptors (Lipinski definition) is 6. The van der Waals surface area contributed by atoms with Crippen molar-refractivity contribution in [3.05, 3.63) is 95.9 Å². The molecule has 0 aliphatic rings. The molecule has 0 saturated heterocycles. The molecule has 0 aliphatic carbocycles. The van der Waals surface area contributed by atoms with E-state index in [1.807, 2.05) is 24.3 Å². The number of hydrazone groups is 1. The van der Waals surface area contributed by atoms with Gasteiger partial charge < -0.3 is 9.52 Å². The number of phenolic OH excluding ortho intramolecular Hbond substituents is 1. The summed E-state index contributed by atoms with van der Waals surface area (Å²) in [6.45, 7) is 1.73. The second kappa shape index (κ2) is 9.27. The number of rotatable bonds is 7. The van der Waals surface area contributed by atoms with Crippen molar-refractivity contribution in [2.75, 3.05) is 0 Å². The molecule has 1 aromatic heterocycles. The van der Waals surface area contributed by atoms with Crippen LogP contribution in [0.1, 0.15) is 28.6 Å². The fourth-order valence-electron chi connectivity index (χ4n) is 3.21. The quantitative estimate of drug-likeness (QED) is 0.285. The van der Waals surface area contributed by atoms with Gasteiger partial charge in [0.25, 0.3) is 5.91 Å². The molecule has 0 atom stereocenters. The first-order valence-corrected chi connectivity index (χ1v) is 11.5. The Morgan fingerprint density at radius 1 is 1.00 bits per heavy atom. The van der Waals surface area contributed by atoms with Gasteiger partial charge in [0.1, 0.15) is 11.5 Å². The van der Waals surface area contributed by atoms with Crippen LogP contribution in [0.5, 0.6) is 5.75 Å². The van der Waals surface area contributed by atoms with Crippen molar-refractivity contribution in [3.8, 4) is 5.75 Å². The molecule has 4 rings (SSSR count). The van der Waals surface area contributed by atoms with Crippen LogP contribution in [0.2, 0.25) is 0 Å². The maximum absolute atomic E-state index is 12.5. The predicted octanol–water partition coefficient (Wildman–Crippen LogP) is 3.77. The highest BCUT2D eigenvalue weighted by Gasteiger charge is 2.15. The minimum absolute atomic E-state index is 0.0468. The normalized spacial score (nSPS) is 12.1. The predicted molar refractivity (Wildman–Crippen MR) is 124 cm³/mol. The largest absolute Gasteiger partial charge is 0.507 e. The van der Waals surface area contributed by atoms with E-state index in [0.717, 1.165) is 10.8 Å². The van der Waals surface area contributed by atoms with Crippen LogP contribution < -0.4 is 10.1 Å². The van der Waals surface area contributed by atoms with Crippen LogP contribution in [0.4, 0.5) is 0 Å². The molecule has 0 unspecified atom stereocenters. The molecule has 168 valence electrons. The zero-order valence-electron chi connectivity index (χ0n) is 17.6. The number of furan rings is 1. The highest BCUT2D eigenvalue weighted by Crippen LogP contribution is 2.25. The summed E-state index contributed by atoms with van der Waals surface area (Å²) in [5.74, 6) is -0.194. The topological polar surface area (TPSA) is 121 Å². The van der Waals surface area contributed by atoms with Crippen LogP contribution >= 0.6 is 0 Å². The summed E-state index contributed by atoms with van der Waals surface area (Å²) in [4.78, 5) is 12.6. The third kappa shape index (κ3) is 5.11. The lowest BCUT2D eigenvalue weighted by Crippen LogP contribution is -2.23. The van der Waals surface area contributed by atoms with E-state index in [0.29, 0.717) is 17.0 Å². The molecule has 1 amide bonds. The van der Waals surface area contributed by atoms with Crippen molar-refractivity contribution in [1.82, 2.24) is 10.1 Å². The lowest BCUT2D eigenvalue weighted by molar-refractivity contribution is 0.0952. The zero-order valence-corrected chi connectivity index (χ0v) is 18.5. The average molecular weight is 464 g/mol. The van der Waals surface area contributed by atoms with E-state index < -0.39 is 15.9 Å². The molecule has 0 aliphatic heterocycles. The smallest absolute Gasteiger partial charge is 0.275 e. The number of hydrogen-bond donors (Lipinski definition) is 3. The second-order valence-electron chi connectivity index (χ2n) is 7.28. The highest BCUT2D eigenvalue weighted by atomic mass is 32.2. The average Bonchev–Trinajstić information content (AvgIpc) is 3.34. The summed E-state index contributed by atoms with van der Waals surface area (Å²) in [5.41, 5.74) is 3.63. The first-order chi connectivity index (χ1) is 15.8. The van der Waals surface area contributed by atoms with Gasteiger partial charge in [-0.3, -0.25) is 4.79 Å². The fraction of sp³-hybridized carbons (Fsp3) is 0.0833. The standard InChI is InChI=1S/C24H21N3O5S/c1-16(26-27-24(29)22-13-18-5-2-3-6-19(18)14-23(22)28)17-8-10-21(11-9-17)33(30,31)25-15-20-7-4-12-32-20/h2-14,25,28H,15H2,1H3,(H,27,29). The van der Waals surface area contributed by atoms with Gasteiger partial charge in [0, 0.05) is 0 Å². The molecule has 0 bridgehead atoms. The molecule has 1 heterocycles. The lowest BCUT2D eigenvalue weighted by atomic mass is 10.1. The summed E-state index contributed by atoms with van der Waals surface area (Å²) in [6.07, 6.45) is 1.47. The summed E-state index contributed by atoms with van der Waals surface area (Å²) in [6, 6.07) is 20.0. The summed E-state index contributed by atoms with van der Waals surface area (Å²) < 4.78 is 32.5. The maximum Gasteiger partial charge on any atom is 0.275 e. The Hall–Kier alpha value is -3.95. The number of nitrogens with zero attached hydrogens (tertiary/aromatic N) is 1. The van der Waals surface area contributed by atoms with E-state index in [9.17, 15) is 18.3 Å². The molecular formula is C24H21N3O5S. The van der Waals surface area contributed by atoms with Crippen LogP contribution in [0.3, 0.4) is 0 Å². The Labute approximate surface area is 190 Å². The third-order valence-corrected chi connectivity index (χ3v) is 6.45. The van der Waals surface area contributed by atoms with Crippen LogP contribution in [0.25, 0.3) is 10.8 Å². The van der Waals surface area contributed by atoms with Crippen LogP contribution in [-0.4, -0.2) is 25.1 Å². The van der Waals surface area contributed by atoms with E-state index in [1.54, 1.807) is 37.3 Å². The second-order valence-corrected chi connectivity index (χ2v) is 9.05. The fourth-order valence-corrected chi connectivity index (χ4v) is 4.20. The van der Waals surface area contributed by atoms with Crippen molar-refractivity contribution in [3.63, 3.8) is 0 Å². The molecule has 0 fully saturated rings. The van der Waals surface area contributed by atoms with E-state index in [1.165, 1.54) is 24.5 Å². The van der Waals surface area contributed by atoms with Crippen molar-refractivity contribution < 1.29 is 22.7 Å². The highest BCUT2D eigenvalue weighted by molar-refractivity contribution is 7.89. The maximum atomic E-state index is 12.5. The van der Waals surface area contributed by atoms with Gasteiger partial charge in [-0.15, -0.1) is 0 Å². The molecule has 3 N–H and O–H groups in total. The van der Waals surface area contributed by atoms with Gasteiger partial charge in [0.05, 0.1) is 29.0 Å². The monoisotopic (exact) mass is 463 g/mol. The molecule has 0 radical (unpaired) electrons. The first-order valence-electron chi connectivity index (χ1n) is 10.0. The van der Waals surface area contributed by atoms with E-state index in [4.69, 9.17) is 4.42 Å². The molecule has 0 saturated carbocycles. The Morgan fingerprint density at radius 3 is 2.36 bits per heavy atom. The van der Waals surface area contributed by atoms with E-state index in [-0.39, 0.29) is 22.8 Å². The minimum atomic E-state index is -3.71. The van der Waals surface area contributed by atoms with Crippen LogP contribution in [0.15, 0.2) is 93.5 Å². The lowest BCUT2D eigenvalue weighted by Gasteiger charge is -2.08. The Morgan fingerprint density at radius 2 is 1.70 bits per heavy atom. The van der Waals surface area contributed by atoms with Gasteiger partial charge in [0.2, 0.25) is 10.0 Å². The molecule has 4 aromatic rings. The van der Waals surface area contributed by atoms with Gasteiger partial charge in [-0.25, -0.2) is 18.6 Å². The van der Waals surface area contributed by atoms with Gasteiger partial charge in [-0.1, -0.05) is 36.4 Å². The van der Waals surface area contributed by atoms with Crippen molar-refractivity contribution >= 4 is 32.4 Å². The van der Waals surface area contributed by atoms with Crippen molar-refractivity contribution in [1.29, 1.82) is 0 Å². The number of carbonyl (C=O) groups excluding carboxylic acids is 1. The Balaban J connectivity index is 1.44. The molecule has 3 aromatic carbocycles. The number of benzene rings is 3. The van der Waals surface area contributed by atoms with Gasteiger partial charge in [0.15, 0.2) is 0 Å². The number of amides is 1. The van der Waals surface area contributed by atoms with Crippen molar-refractivity contribution in [2.45, 2.75) is 18.4 Å². The van der Waals surface area contributed by atoms with Gasteiger partial charge in [-0.2, -0.15) is 5.10 Å². The summed E-state index contributed by atoms with van der Waals surface area (Å²) in [7, 11) is -3.71. The van der Waals surface area contributed by atoms with Crippen LogP contribution in [-0.2, 0) is 16.6 Å². The molecular weight excluding hydrogens is 442 g/mol. The Kier molecular flexibility index (Phi) is 6.25. The van der Waals surface area contributed by atoms with E-state index in [2.05, 4.69) is 15.2 Å². The first kappa shape index (κ1) is 22.3. The van der Waals surface area contributed by atoms with Gasteiger partial charge >= 0.3 is 0 Å². The number of aromatic hydroxyl groups is 1. The number of fused-ring (bicyclic) bond motifs is 1. The number of sulfonamides is 1. The zero-order chi connectivity index (χ0) is 23.4. The van der Waals surface area contributed by atoms with E-state index >= 15 is 0 Å². The van der Waals surface area contributed by atoms with Gasteiger partial charge in [-0.05, 0) is 59.7 Å². The number of nitrogens with one attached hydrogen (secondary N) is 2. The molecule has 9 heteroatoms. The summed E-state index contributed by atoms with van der Waals surface area (Å²) in [5, 5.41) is 15.9. The number of phenols is 1. The minimum Gasteiger partial charge on any atom is -0.507 e. The SMILES string of the molecule is CC(=NNC(=O)c1cc2ccccc2cc1O)c1ccc(S(=O)(=O)NCc2ccco2)cc1. The van der Waals surface area contributed by atoms with Crippen LogP contribution in [0, 0.1) is 0 Å². The number of carbonyl (C=O) groups is 1.